The molecule has 1 aromatic rings. The fraction of sp³-hybridized carbons (Fsp3) is 0.417. The molecule has 2 N–H and O–H groups in total. The fourth-order valence-corrected chi connectivity index (χ4v) is 2.64. The first-order valence-electron chi connectivity index (χ1n) is 5.68. The molecule has 104 valence electrons. The summed E-state index contributed by atoms with van der Waals surface area (Å²) in [5.74, 6) is -2.73. The number of aliphatic hydroxyl groups is 2. The van der Waals surface area contributed by atoms with E-state index in [1.54, 1.807) is 0 Å². The van der Waals surface area contributed by atoms with Crippen molar-refractivity contribution in [2.75, 3.05) is 13.2 Å². The molecule has 0 aliphatic carbocycles. The summed E-state index contributed by atoms with van der Waals surface area (Å²) in [6.07, 6.45) is -0.450. The minimum atomic E-state index is -1.12. The van der Waals surface area contributed by atoms with E-state index in [1.807, 2.05) is 0 Å². The van der Waals surface area contributed by atoms with Crippen LogP contribution in [0.15, 0.2) is 16.6 Å². The summed E-state index contributed by atoms with van der Waals surface area (Å²) in [4.78, 5) is 13.5. The van der Waals surface area contributed by atoms with Gasteiger partial charge in [-0.2, -0.15) is 0 Å². The highest BCUT2D eigenvalue weighted by Crippen LogP contribution is 2.26. The Morgan fingerprint density at radius 2 is 2.05 bits per heavy atom. The van der Waals surface area contributed by atoms with Crippen LogP contribution in [0.3, 0.4) is 0 Å². The predicted octanol–water partition coefficient (Wildman–Crippen LogP) is 1.29. The van der Waals surface area contributed by atoms with Gasteiger partial charge in [0.15, 0.2) is 11.6 Å². The SMILES string of the molecule is O=C(c1cc(F)c(F)cc1Br)N1CC(O)CC1CO. The van der Waals surface area contributed by atoms with E-state index in [1.165, 1.54) is 4.90 Å². The van der Waals surface area contributed by atoms with Gasteiger partial charge in [0.1, 0.15) is 0 Å². The number of carbonyl (C=O) groups is 1. The van der Waals surface area contributed by atoms with Crippen LogP contribution in [0.1, 0.15) is 16.8 Å². The van der Waals surface area contributed by atoms with Crippen molar-refractivity contribution in [3.63, 3.8) is 0 Å². The highest BCUT2D eigenvalue weighted by atomic mass is 79.9. The summed E-state index contributed by atoms with van der Waals surface area (Å²) in [5, 5.41) is 18.7. The Kier molecular flexibility index (Phi) is 4.17. The highest BCUT2D eigenvalue weighted by molar-refractivity contribution is 9.10. The summed E-state index contributed by atoms with van der Waals surface area (Å²) in [6, 6.07) is 1.17. The van der Waals surface area contributed by atoms with Crippen molar-refractivity contribution in [2.24, 2.45) is 0 Å². The largest absolute Gasteiger partial charge is 0.394 e. The summed E-state index contributed by atoms with van der Waals surface area (Å²) in [5.41, 5.74) is -0.0357. The van der Waals surface area contributed by atoms with E-state index in [2.05, 4.69) is 15.9 Å². The van der Waals surface area contributed by atoms with Crippen molar-refractivity contribution >= 4 is 21.8 Å². The van der Waals surface area contributed by atoms with Crippen LogP contribution in [0.25, 0.3) is 0 Å². The van der Waals surface area contributed by atoms with E-state index in [0.29, 0.717) is 0 Å². The predicted molar refractivity (Wildman–Crippen MR) is 66.6 cm³/mol. The van der Waals surface area contributed by atoms with Gasteiger partial charge in [-0.1, -0.05) is 0 Å². The number of hydrogen-bond donors (Lipinski definition) is 2. The van der Waals surface area contributed by atoms with Gasteiger partial charge in [0.2, 0.25) is 0 Å². The molecule has 1 aromatic carbocycles. The molecule has 1 fully saturated rings. The van der Waals surface area contributed by atoms with Crippen LogP contribution in [0.2, 0.25) is 0 Å². The van der Waals surface area contributed by atoms with Crippen LogP contribution in [0.5, 0.6) is 0 Å². The smallest absolute Gasteiger partial charge is 0.255 e. The molecule has 1 aliphatic rings. The van der Waals surface area contributed by atoms with Gasteiger partial charge in [-0.15, -0.1) is 0 Å². The zero-order chi connectivity index (χ0) is 14.2. The number of β-amino-alcohol motifs (C(OH)–C–C–N with tert-alkyl or cyclic N) is 1. The van der Waals surface area contributed by atoms with E-state index in [4.69, 9.17) is 5.11 Å². The van der Waals surface area contributed by atoms with Gasteiger partial charge in [0, 0.05) is 11.0 Å². The molecule has 1 saturated heterocycles. The van der Waals surface area contributed by atoms with Crippen LogP contribution in [-0.2, 0) is 0 Å². The zero-order valence-electron chi connectivity index (χ0n) is 9.81. The molecule has 0 radical (unpaired) electrons. The van der Waals surface area contributed by atoms with Crippen LogP contribution in [0, 0.1) is 11.6 Å². The van der Waals surface area contributed by atoms with Crippen molar-refractivity contribution in [1.82, 2.24) is 4.90 Å². The quantitative estimate of drug-likeness (QED) is 0.801. The maximum atomic E-state index is 13.2. The van der Waals surface area contributed by atoms with Gasteiger partial charge in [-0.3, -0.25) is 4.79 Å². The molecule has 0 saturated carbocycles. The number of amides is 1. The van der Waals surface area contributed by atoms with Gasteiger partial charge in [-0.05, 0) is 34.5 Å². The van der Waals surface area contributed by atoms with Crippen LogP contribution >= 0.6 is 15.9 Å². The first-order valence-corrected chi connectivity index (χ1v) is 6.47. The van der Waals surface area contributed by atoms with Crippen molar-refractivity contribution in [3.05, 3.63) is 33.8 Å². The molecular weight excluding hydrogens is 324 g/mol. The lowest BCUT2D eigenvalue weighted by Crippen LogP contribution is -2.38. The van der Waals surface area contributed by atoms with Gasteiger partial charge in [0.05, 0.1) is 24.3 Å². The second-order valence-corrected chi connectivity index (χ2v) is 5.28. The summed E-state index contributed by atoms with van der Waals surface area (Å²) in [7, 11) is 0. The first-order chi connectivity index (χ1) is 8.93. The monoisotopic (exact) mass is 335 g/mol. The van der Waals surface area contributed by atoms with Crippen molar-refractivity contribution < 1.29 is 23.8 Å². The van der Waals surface area contributed by atoms with Crippen LogP contribution in [-0.4, -0.2) is 46.3 Å². The van der Waals surface area contributed by atoms with Crippen molar-refractivity contribution in [3.8, 4) is 0 Å². The number of rotatable bonds is 2. The number of benzene rings is 1. The molecule has 19 heavy (non-hydrogen) atoms. The topological polar surface area (TPSA) is 60.8 Å². The maximum Gasteiger partial charge on any atom is 0.255 e. The molecule has 2 atom stereocenters. The summed E-state index contributed by atoms with van der Waals surface area (Å²) in [6.45, 7) is -0.223. The Labute approximate surface area is 116 Å². The molecule has 2 rings (SSSR count). The average molecular weight is 336 g/mol. The second kappa shape index (κ2) is 5.52. The number of carbonyl (C=O) groups excluding carboxylic acids is 1. The molecule has 4 nitrogen and oxygen atoms in total. The number of halogens is 3. The Morgan fingerprint density at radius 3 is 2.68 bits per heavy atom. The minimum absolute atomic E-state index is 0.0357. The standard InChI is InChI=1S/C12H12BrF2NO3/c13-9-3-11(15)10(14)2-8(9)12(19)16-4-7(18)1-6(16)5-17/h2-3,6-7,17-18H,1,4-5H2. The molecular formula is C12H12BrF2NO3. The van der Waals surface area contributed by atoms with Crippen LogP contribution in [0.4, 0.5) is 8.78 Å². The summed E-state index contributed by atoms with van der Waals surface area (Å²) >= 11 is 3.01. The molecule has 0 bridgehead atoms. The average Bonchev–Trinajstić information content (AvgIpc) is 2.74. The Hall–Kier alpha value is -1.05. The minimum Gasteiger partial charge on any atom is -0.394 e. The molecule has 2 unspecified atom stereocenters. The normalized spacial score (nSPS) is 22.9. The second-order valence-electron chi connectivity index (χ2n) is 4.43. The van der Waals surface area contributed by atoms with Crippen molar-refractivity contribution in [1.29, 1.82) is 0 Å². The van der Waals surface area contributed by atoms with E-state index in [-0.39, 0.29) is 29.6 Å². The number of hydrogen-bond acceptors (Lipinski definition) is 3. The van der Waals surface area contributed by atoms with E-state index in [0.717, 1.165) is 12.1 Å². The third-order valence-corrected chi connectivity index (χ3v) is 3.76. The lowest BCUT2D eigenvalue weighted by molar-refractivity contribution is 0.0663. The molecule has 1 amide bonds. The van der Waals surface area contributed by atoms with E-state index in [9.17, 15) is 18.7 Å². The highest BCUT2D eigenvalue weighted by Gasteiger charge is 2.35. The molecule has 1 heterocycles. The molecule has 1 aliphatic heterocycles. The number of likely N-dealkylation sites (tertiary alicyclic amines) is 1. The third kappa shape index (κ3) is 2.77. The summed E-state index contributed by atoms with van der Waals surface area (Å²) < 4.78 is 26.3. The van der Waals surface area contributed by atoms with Crippen LogP contribution < -0.4 is 0 Å². The van der Waals surface area contributed by atoms with Gasteiger partial charge < -0.3 is 15.1 Å². The number of nitrogens with zero attached hydrogens (tertiary/aromatic N) is 1. The zero-order valence-corrected chi connectivity index (χ0v) is 11.4. The molecule has 7 heteroatoms. The van der Waals surface area contributed by atoms with Gasteiger partial charge >= 0.3 is 0 Å². The maximum absolute atomic E-state index is 13.2. The lowest BCUT2D eigenvalue weighted by Gasteiger charge is -2.23. The van der Waals surface area contributed by atoms with E-state index >= 15 is 0 Å². The van der Waals surface area contributed by atoms with E-state index < -0.39 is 29.7 Å². The first kappa shape index (κ1) is 14.4. The molecule has 0 aromatic heterocycles. The third-order valence-electron chi connectivity index (χ3n) is 3.10. The molecule has 0 spiro atoms. The Balaban J connectivity index is 2.32. The Morgan fingerprint density at radius 1 is 1.42 bits per heavy atom. The van der Waals surface area contributed by atoms with Gasteiger partial charge in [0.25, 0.3) is 5.91 Å². The Bertz CT molecular complexity index is 512. The van der Waals surface area contributed by atoms with Crippen molar-refractivity contribution in [2.45, 2.75) is 18.6 Å². The van der Waals surface area contributed by atoms with Gasteiger partial charge in [-0.25, -0.2) is 8.78 Å². The lowest BCUT2D eigenvalue weighted by atomic mass is 10.1. The number of aliphatic hydroxyl groups excluding tert-OH is 2. The fourth-order valence-electron chi connectivity index (χ4n) is 2.15.